The number of nitrogens with zero attached hydrogens (tertiary/aromatic N) is 4. The molecule has 2 aromatic rings. The molecule has 0 unspecified atom stereocenters. The van der Waals surface area contributed by atoms with Gasteiger partial charge in [-0.2, -0.15) is 4.31 Å². The summed E-state index contributed by atoms with van der Waals surface area (Å²) in [5.41, 5.74) is 0. The van der Waals surface area contributed by atoms with E-state index in [9.17, 15) is 12.8 Å². The number of sulfonamides is 1. The van der Waals surface area contributed by atoms with Crippen molar-refractivity contribution in [3.63, 3.8) is 0 Å². The molecule has 0 spiro atoms. The van der Waals surface area contributed by atoms with Gasteiger partial charge in [0.15, 0.2) is 5.82 Å². The van der Waals surface area contributed by atoms with Gasteiger partial charge in [0.25, 0.3) is 0 Å². The number of piperazine rings is 1. The van der Waals surface area contributed by atoms with Crippen molar-refractivity contribution in [2.24, 2.45) is 0 Å². The van der Waals surface area contributed by atoms with Gasteiger partial charge in [0.1, 0.15) is 22.3 Å². The standard InChI is InChI=1S/C17H22FN5O3S/c1-3-19-16-6-7-17(21-20-16)22-8-10-23(11-9-22)27(24,25)15-12-13(18)4-5-14(15)26-2/h4-7,12H,3,8-11H2,1-2H3,(H,19,20). The number of halogens is 1. The van der Waals surface area contributed by atoms with Gasteiger partial charge in [-0.15, -0.1) is 10.2 Å². The highest BCUT2D eigenvalue weighted by Gasteiger charge is 2.31. The Labute approximate surface area is 158 Å². The number of ether oxygens (including phenoxy) is 1. The molecule has 1 aliphatic heterocycles. The maximum absolute atomic E-state index is 13.6. The number of rotatable bonds is 6. The molecule has 2 heterocycles. The zero-order chi connectivity index (χ0) is 19.4. The molecule has 1 fully saturated rings. The van der Waals surface area contributed by atoms with Crippen LogP contribution >= 0.6 is 0 Å². The third-order valence-electron chi connectivity index (χ3n) is 4.31. The van der Waals surface area contributed by atoms with Crippen LogP contribution in [0.2, 0.25) is 0 Å². The van der Waals surface area contributed by atoms with Crippen LogP contribution in [0.1, 0.15) is 6.92 Å². The Morgan fingerprint density at radius 3 is 2.48 bits per heavy atom. The van der Waals surface area contributed by atoms with E-state index >= 15 is 0 Å². The third-order valence-corrected chi connectivity index (χ3v) is 6.23. The normalized spacial score (nSPS) is 15.6. The van der Waals surface area contributed by atoms with Crippen LogP contribution in [0.15, 0.2) is 35.2 Å². The Hall–Kier alpha value is -2.46. The molecule has 27 heavy (non-hydrogen) atoms. The van der Waals surface area contributed by atoms with Crippen molar-refractivity contribution in [3.05, 3.63) is 36.1 Å². The number of aromatic nitrogens is 2. The van der Waals surface area contributed by atoms with Crippen LogP contribution in [-0.4, -0.2) is 62.8 Å². The van der Waals surface area contributed by atoms with Crippen LogP contribution in [0, 0.1) is 5.82 Å². The Bertz CT molecular complexity index is 884. The summed E-state index contributed by atoms with van der Waals surface area (Å²) in [6, 6.07) is 7.17. The first-order chi connectivity index (χ1) is 13.0. The molecule has 0 aliphatic carbocycles. The lowest BCUT2D eigenvalue weighted by atomic mass is 10.3. The van der Waals surface area contributed by atoms with E-state index in [2.05, 4.69) is 15.5 Å². The molecule has 0 radical (unpaired) electrons. The van der Waals surface area contributed by atoms with Crippen LogP contribution < -0.4 is 15.0 Å². The second kappa shape index (κ2) is 8.05. The minimum atomic E-state index is -3.85. The largest absolute Gasteiger partial charge is 0.495 e. The molecule has 1 N–H and O–H groups in total. The maximum atomic E-state index is 13.6. The first kappa shape index (κ1) is 19.3. The molecular formula is C17H22FN5O3S. The molecule has 1 aromatic carbocycles. The Morgan fingerprint density at radius 1 is 1.15 bits per heavy atom. The number of benzene rings is 1. The van der Waals surface area contributed by atoms with Crippen molar-refractivity contribution in [2.45, 2.75) is 11.8 Å². The number of nitrogens with one attached hydrogen (secondary N) is 1. The Kier molecular flexibility index (Phi) is 5.76. The average Bonchev–Trinajstić information content (AvgIpc) is 2.69. The van der Waals surface area contributed by atoms with E-state index in [-0.39, 0.29) is 23.7 Å². The predicted molar refractivity (Wildman–Crippen MR) is 100 cm³/mol. The first-order valence-electron chi connectivity index (χ1n) is 8.62. The van der Waals surface area contributed by atoms with E-state index in [1.165, 1.54) is 23.5 Å². The number of hydrogen-bond donors (Lipinski definition) is 1. The molecule has 0 bridgehead atoms. The lowest BCUT2D eigenvalue weighted by Crippen LogP contribution is -2.49. The highest BCUT2D eigenvalue weighted by atomic mass is 32.2. The number of hydrogen-bond acceptors (Lipinski definition) is 7. The second-order valence-electron chi connectivity index (χ2n) is 5.99. The van der Waals surface area contributed by atoms with E-state index in [1.807, 2.05) is 24.0 Å². The topological polar surface area (TPSA) is 87.7 Å². The summed E-state index contributed by atoms with van der Waals surface area (Å²) in [5.74, 6) is 0.894. The SMILES string of the molecule is CCNc1ccc(N2CCN(S(=O)(=O)c3cc(F)ccc3OC)CC2)nn1. The van der Waals surface area contributed by atoms with Crippen LogP contribution in [0.5, 0.6) is 5.75 Å². The molecule has 0 saturated carbocycles. The van der Waals surface area contributed by atoms with Gasteiger partial charge in [0.05, 0.1) is 7.11 Å². The van der Waals surface area contributed by atoms with Crippen LogP contribution in [-0.2, 0) is 10.0 Å². The second-order valence-corrected chi connectivity index (χ2v) is 7.90. The van der Waals surface area contributed by atoms with Crippen LogP contribution in [0.25, 0.3) is 0 Å². The van der Waals surface area contributed by atoms with Crippen molar-refractivity contribution in [3.8, 4) is 5.75 Å². The van der Waals surface area contributed by atoms with Crippen molar-refractivity contribution in [2.75, 3.05) is 50.1 Å². The molecular weight excluding hydrogens is 373 g/mol. The fourth-order valence-corrected chi connectivity index (χ4v) is 4.51. The highest BCUT2D eigenvalue weighted by Crippen LogP contribution is 2.28. The third kappa shape index (κ3) is 4.11. The molecule has 1 aromatic heterocycles. The summed E-state index contributed by atoms with van der Waals surface area (Å²) in [5, 5.41) is 11.4. The summed E-state index contributed by atoms with van der Waals surface area (Å²) in [4.78, 5) is 1.81. The quantitative estimate of drug-likeness (QED) is 0.794. The van der Waals surface area contributed by atoms with Gasteiger partial charge in [0.2, 0.25) is 10.0 Å². The average molecular weight is 395 g/mol. The van der Waals surface area contributed by atoms with E-state index in [0.29, 0.717) is 24.7 Å². The summed E-state index contributed by atoms with van der Waals surface area (Å²) in [6.45, 7) is 4.19. The molecule has 1 saturated heterocycles. The van der Waals surface area contributed by atoms with Gasteiger partial charge in [-0.05, 0) is 37.3 Å². The Balaban J connectivity index is 1.72. The van der Waals surface area contributed by atoms with E-state index in [0.717, 1.165) is 12.6 Å². The smallest absolute Gasteiger partial charge is 0.246 e. The highest BCUT2D eigenvalue weighted by molar-refractivity contribution is 7.89. The number of methoxy groups -OCH3 is 1. The van der Waals surface area contributed by atoms with Gasteiger partial charge < -0.3 is 15.0 Å². The lowest BCUT2D eigenvalue weighted by molar-refractivity contribution is 0.372. The summed E-state index contributed by atoms with van der Waals surface area (Å²) in [6.07, 6.45) is 0. The van der Waals surface area contributed by atoms with Crippen LogP contribution in [0.4, 0.5) is 16.0 Å². The van der Waals surface area contributed by atoms with Gasteiger partial charge >= 0.3 is 0 Å². The molecule has 0 atom stereocenters. The van der Waals surface area contributed by atoms with Crippen LogP contribution in [0.3, 0.4) is 0 Å². The van der Waals surface area contributed by atoms with Crippen molar-refractivity contribution in [1.82, 2.24) is 14.5 Å². The zero-order valence-electron chi connectivity index (χ0n) is 15.2. The van der Waals surface area contributed by atoms with Gasteiger partial charge in [0, 0.05) is 32.7 Å². The Morgan fingerprint density at radius 2 is 1.89 bits per heavy atom. The van der Waals surface area contributed by atoms with E-state index in [4.69, 9.17) is 4.74 Å². The fourth-order valence-electron chi connectivity index (χ4n) is 2.92. The lowest BCUT2D eigenvalue weighted by Gasteiger charge is -2.34. The van der Waals surface area contributed by atoms with Gasteiger partial charge in [-0.3, -0.25) is 0 Å². The minimum Gasteiger partial charge on any atom is -0.495 e. The number of anilines is 2. The first-order valence-corrected chi connectivity index (χ1v) is 10.1. The fraction of sp³-hybridized carbons (Fsp3) is 0.412. The van der Waals surface area contributed by atoms with E-state index < -0.39 is 15.8 Å². The molecule has 8 nitrogen and oxygen atoms in total. The monoisotopic (exact) mass is 395 g/mol. The summed E-state index contributed by atoms with van der Waals surface area (Å²) < 4.78 is 45.8. The predicted octanol–water partition coefficient (Wildman–Crippen LogP) is 1.57. The minimum absolute atomic E-state index is 0.128. The van der Waals surface area contributed by atoms with Crippen molar-refractivity contribution in [1.29, 1.82) is 0 Å². The molecule has 146 valence electrons. The maximum Gasteiger partial charge on any atom is 0.246 e. The molecule has 1 aliphatic rings. The summed E-state index contributed by atoms with van der Waals surface area (Å²) in [7, 11) is -2.49. The summed E-state index contributed by atoms with van der Waals surface area (Å²) >= 11 is 0. The van der Waals surface area contributed by atoms with E-state index in [1.54, 1.807) is 0 Å². The van der Waals surface area contributed by atoms with Gasteiger partial charge in [-0.25, -0.2) is 12.8 Å². The van der Waals surface area contributed by atoms with Gasteiger partial charge in [-0.1, -0.05) is 0 Å². The molecule has 10 heteroatoms. The van der Waals surface area contributed by atoms with Crippen molar-refractivity contribution >= 4 is 21.7 Å². The molecule has 0 amide bonds. The zero-order valence-corrected chi connectivity index (χ0v) is 16.0. The van der Waals surface area contributed by atoms with Crippen molar-refractivity contribution < 1.29 is 17.5 Å². The molecule has 3 rings (SSSR count).